The van der Waals surface area contributed by atoms with E-state index in [4.69, 9.17) is 4.74 Å². The molecule has 0 saturated carbocycles. The number of aryl methyl sites for hydroxylation is 2. The zero-order valence-electron chi connectivity index (χ0n) is 14.1. The molecule has 1 unspecified atom stereocenters. The molecule has 2 aliphatic heterocycles. The number of nitrogens with one attached hydrogen (secondary N) is 2. The topological polar surface area (TPSA) is 46.2 Å². The van der Waals surface area contributed by atoms with E-state index >= 15 is 0 Å². The summed E-state index contributed by atoms with van der Waals surface area (Å²) in [6.07, 6.45) is 9.40. The third-order valence-electron chi connectivity index (χ3n) is 4.97. The molecule has 24 heavy (non-hydrogen) atoms. The van der Waals surface area contributed by atoms with Crippen molar-refractivity contribution in [2.24, 2.45) is 0 Å². The minimum Gasteiger partial charge on any atom is -0.490 e. The van der Waals surface area contributed by atoms with Gasteiger partial charge in [0.25, 0.3) is 0 Å². The first-order valence-corrected chi connectivity index (χ1v) is 9.02. The molecule has 0 aliphatic carbocycles. The van der Waals surface area contributed by atoms with Gasteiger partial charge in [0.15, 0.2) is 0 Å². The lowest BCUT2D eigenvalue weighted by Crippen LogP contribution is -2.28. The fourth-order valence-corrected chi connectivity index (χ4v) is 3.56. The van der Waals surface area contributed by atoms with Gasteiger partial charge in [-0.25, -0.2) is 0 Å². The van der Waals surface area contributed by atoms with Crippen molar-refractivity contribution in [1.29, 1.82) is 0 Å². The Hall–Kier alpha value is -2.07. The molecule has 1 aromatic carbocycles. The van der Waals surface area contributed by atoms with E-state index in [0.717, 1.165) is 44.7 Å². The maximum Gasteiger partial charge on any atom is 0.137 e. The first kappa shape index (κ1) is 15.5. The molecule has 1 atom stereocenters. The van der Waals surface area contributed by atoms with Gasteiger partial charge < -0.3 is 15.4 Å². The molecule has 4 rings (SSSR count). The number of fused-ring (bicyclic) bond motifs is 1. The Labute approximate surface area is 143 Å². The van der Waals surface area contributed by atoms with Gasteiger partial charge in [-0.3, -0.25) is 4.98 Å². The van der Waals surface area contributed by atoms with Crippen molar-refractivity contribution >= 4 is 5.69 Å². The Balaban J connectivity index is 1.33. The fraction of sp³-hybridized carbons (Fsp3) is 0.450. The molecule has 2 aliphatic rings. The molecule has 0 radical (unpaired) electrons. The standard InChI is InChI=1S/C20H25N3O/c1-2-18(22-8-1)14-24-19-10-16(12-21-13-19)4-3-15-5-6-17-7-9-23-20(17)11-15/h5-6,10-13,18,22-23H,1-4,7-9,14H2. The van der Waals surface area contributed by atoms with Crippen LogP contribution in [0.5, 0.6) is 5.75 Å². The summed E-state index contributed by atoms with van der Waals surface area (Å²) in [6, 6.07) is 9.44. The van der Waals surface area contributed by atoms with Gasteiger partial charge in [-0.05, 0) is 67.5 Å². The molecular weight excluding hydrogens is 298 g/mol. The van der Waals surface area contributed by atoms with Crippen LogP contribution in [0.1, 0.15) is 29.5 Å². The number of hydrogen-bond acceptors (Lipinski definition) is 4. The van der Waals surface area contributed by atoms with E-state index in [1.807, 2.05) is 12.4 Å². The van der Waals surface area contributed by atoms with Crippen molar-refractivity contribution in [3.63, 3.8) is 0 Å². The van der Waals surface area contributed by atoms with Gasteiger partial charge in [0.05, 0.1) is 6.20 Å². The van der Waals surface area contributed by atoms with Gasteiger partial charge in [-0.2, -0.15) is 0 Å². The number of anilines is 1. The molecule has 4 heteroatoms. The molecule has 0 bridgehead atoms. The van der Waals surface area contributed by atoms with Crippen molar-refractivity contribution in [3.05, 3.63) is 53.3 Å². The first-order valence-electron chi connectivity index (χ1n) is 9.02. The number of rotatable bonds is 6. The average Bonchev–Trinajstić information content (AvgIpc) is 3.29. The minimum absolute atomic E-state index is 0.493. The highest BCUT2D eigenvalue weighted by Gasteiger charge is 2.14. The molecule has 0 amide bonds. The van der Waals surface area contributed by atoms with Gasteiger partial charge in [0, 0.05) is 24.5 Å². The number of pyridine rings is 1. The van der Waals surface area contributed by atoms with E-state index in [-0.39, 0.29) is 0 Å². The maximum absolute atomic E-state index is 5.91. The quantitative estimate of drug-likeness (QED) is 0.858. The predicted molar refractivity (Wildman–Crippen MR) is 96.8 cm³/mol. The second-order valence-corrected chi connectivity index (χ2v) is 6.80. The summed E-state index contributed by atoms with van der Waals surface area (Å²) in [5.74, 6) is 0.886. The van der Waals surface area contributed by atoms with Crippen LogP contribution in [0.25, 0.3) is 0 Å². The zero-order valence-corrected chi connectivity index (χ0v) is 14.1. The van der Waals surface area contributed by atoms with E-state index in [9.17, 15) is 0 Å². The lowest BCUT2D eigenvalue weighted by molar-refractivity contribution is 0.276. The number of benzene rings is 1. The van der Waals surface area contributed by atoms with Crippen molar-refractivity contribution in [1.82, 2.24) is 10.3 Å². The zero-order chi connectivity index (χ0) is 16.2. The van der Waals surface area contributed by atoms with Crippen LogP contribution in [0.3, 0.4) is 0 Å². The van der Waals surface area contributed by atoms with Gasteiger partial charge >= 0.3 is 0 Å². The van der Waals surface area contributed by atoms with Crippen LogP contribution in [-0.4, -0.2) is 30.7 Å². The summed E-state index contributed by atoms with van der Waals surface area (Å²) in [6.45, 7) is 2.92. The van der Waals surface area contributed by atoms with E-state index in [0.29, 0.717) is 6.04 Å². The van der Waals surface area contributed by atoms with Crippen LogP contribution in [0.2, 0.25) is 0 Å². The van der Waals surface area contributed by atoms with E-state index in [1.54, 1.807) is 0 Å². The molecule has 2 aromatic rings. The molecule has 1 aromatic heterocycles. The second kappa shape index (κ2) is 7.22. The highest BCUT2D eigenvalue weighted by Crippen LogP contribution is 2.24. The van der Waals surface area contributed by atoms with Crippen LogP contribution in [0, 0.1) is 0 Å². The van der Waals surface area contributed by atoms with Gasteiger partial charge in [-0.15, -0.1) is 0 Å². The molecule has 4 nitrogen and oxygen atoms in total. The lowest BCUT2D eigenvalue weighted by atomic mass is 10.0. The smallest absolute Gasteiger partial charge is 0.137 e. The average molecular weight is 323 g/mol. The van der Waals surface area contributed by atoms with Crippen LogP contribution in [-0.2, 0) is 19.3 Å². The summed E-state index contributed by atoms with van der Waals surface area (Å²) in [5.41, 5.74) is 5.37. The number of hydrogen-bond donors (Lipinski definition) is 2. The van der Waals surface area contributed by atoms with Crippen molar-refractivity contribution in [2.75, 3.05) is 25.0 Å². The highest BCUT2D eigenvalue weighted by atomic mass is 16.5. The summed E-state index contributed by atoms with van der Waals surface area (Å²) >= 11 is 0. The fourth-order valence-electron chi connectivity index (χ4n) is 3.56. The van der Waals surface area contributed by atoms with Gasteiger partial charge in [-0.1, -0.05) is 12.1 Å². The minimum atomic E-state index is 0.493. The van der Waals surface area contributed by atoms with E-state index in [2.05, 4.69) is 39.9 Å². The lowest BCUT2D eigenvalue weighted by Gasteiger charge is -2.12. The Morgan fingerprint density at radius 3 is 2.96 bits per heavy atom. The molecule has 3 heterocycles. The van der Waals surface area contributed by atoms with Crippen molar-refractivity contribution in [3.8, 4) is 5.75 Å². The van der Waals surface area contributed by atoms with Crippen LogP contribution >= 0.6 is 0 Å². The SMILES string of the molecule is c1cc2c(cc1CCc1cncc(OCC3CCCN3)c1)NCC2. The molecule has 1 saturated heterocycles. The first-order chi connectivity index (χ1) is 11.9. The summed E-state index contributed by atoms with van der Waals surface area (Å²) < 4.78 is 5.91. The number of aromatic nitrogens is 1. The summed E-state index contributed by atoms with van der Waals surface area (Å²) in [5, 5.41) is 6.91. The molecule has 2 N–H and O–H groups in total. The van der Waals surface area contributed by atoms with E-state index in [1.165, 1.54) is 35.2 Å². The van der Waals surface area contributed by atoms with Crippen molar-refractivity contribution in [2.45, 2.75) is 38.1 Å². The van der Waals surface area contributed by atoms with Gasteiger partial charge in [0.2, 0.25) is 0 Å². The predicted octanol–water partition coefficient (Wildman–Crippen LogP) is 2.97. The largest absolute Gasteiger partial charge is 0.490 e. The molecular formula is C20H25N3O. The van der Waals surface area contributed by atoms with Crippen LogP contribution in [0.15, 0.2) is 36.7 Å². The Bertz CT molecular complexity index is 695. The summed E-state index contributed by atoms with van der Waals surface area (Å²) in [7, 11) is 0. The highest BCUT2D eigenvalue weighted by molar-refractivity contribution is 5.57. The number of ether oxygens (including phenoxy) is 1. The number of nitrogens with zero attached hydrogens (tertiary/aromatic N) is 1. The van der Waals surface area contributed by atoms with Crippen molar-refractivity contribution < 1.29 is 4.74 Å². The molecule has 1 fully saturated rings. The second-order valence-electron chi connectivity index (χ2n) is 6.80. The monoisotopic (exact) mass is 323 g/mol. The normalized spacial score (nSPS) is 19.1. The Morgan fingerprint density at radius 1 is 1.08 bits per heavy atom. The van der Waals surface area contributed by atoms with Crippen LogP contribution in [0.4, 0.5) is 5.69 Å². The third-order valence-corrected chi connectivity index (χ3v) is 4.97. The third kappa shape index (κ3) is 3.70. The van der Waals surface area contributed by atoms with Gasteiger partial charge in [0.1, 0.15) is 12.4 Å². The molecule has 0 spiro atoms. The maximum atomic E-state index is 5.91. The molecule has 126 valence electrons. The van der Waals surface area contributed by atoms with Crippen LogP contribution < -0.4 is 15.4 Å². The Morgan fingerprint density at radius 2 is 2.04 bits per heavy atom. The summed E-state index contributed by atoms with van der Waals surface area (Å²) in [4.78, 5) is 4.34. The Kier molecular flexibility index (Phi) is 4.65. The van der Waals surface area contributed by atoms with E-state index < -0.39 is 0 Å².